The zero-order chi connectivity index (χ0) is 17.1. The Morgan fingerprint density at radius 1 is 1.33 bits per heavy atom. The van der Waals surface area contributed by atoms with Crippen LogP contribution in [-0.2, 0) is 4.79 Å². The highest BCUT2D eigenvalue weighted by atomic mass is 16.5. The molecule has 0 radical (unpaired) electrons. The Kier molecular flexibility index (Phi) is 4.50. The molecule has 1 aromatic carbocycles. The molecule has 24 heavy (non-hydrogen) atoms. The number of aryl methyl sites for hydroxylation is 1. The van der Waals surface area contributed by atoms with Crippen molar-refractivity contribution in [1.82, 2.24) is 10.1 Å². The minimum atomic E-state index is -0.294. The smallest absolute Gasteiger partial charge is 0.254 e. The number of hydrogen-bond acceptors (Lipinski definition) is 5. The predicted molar refractivity (Wildman–Crippen MR) is 86.9 cm³/mol. The first kappa shape index (κ1) is 16.0. The third-order valence-corrected chi connectivity index (χ3v) is 3.79. The lowest BCUT2D eigenvalue weighted by molar-refractivity contribution is -0.117. The van der Waals surface area contributed by atoms with Crippen molar-refractivity contribution in [3.8, 4) is 5.75 Å². The SMILES string of the molecule is COc1ccc(C(=O)N(CC(=O)Nc2cc(C)on2)C2CC2)cc1. The molecule has 2 amide bonds. The van der Waals surface area contributed by atoms with Crippen molar-refractivity contribution in [3.05, 3.63) is 41.7 Å². The van der Waals surface area contributed by atoms with E-state index in [1.54, 1.807) is 49.3 Å². The first-order chi connectivity index (χ1) is 11.6. The normalized spacial score (nSPS) is 13.4. The number of nitrogens with one attached hydrogen (secondary N) is 1. The Morgan fingerprint density at radius 3 is 2.58 bits per heavy atom. The molecule has 126 valence electrons. The van der Waals surface area contributed by atoms with Gasteiger partial charge in [0.15, 0.2) is 5.82 Å². The zero-order valence-electron chi connectivity index (χ0n) is 13.6. The number of ether oxygens (including phenoxy) is 1. The third-order valence-electron chi connectivity index (χ3n) is 3.79. The Hall–Kier alpha value is -2.83. The fourth-order valence-electron chi connectivity index (χ4n) is 2.41. The fraction of sp³-hybridized carbons (Fsp3) is 0.353. The zero-order valence-corrected chi connectivity index (χ0v) is 13.6. The first-order valence-corrected chi connectivity index (χ1v) is 7.75. The van der Waals surface area contributed by atoms with E-state index in [1.807, 2.05) is 0 Å². The minimum absolute atomic E-state index is 0.0125. The molecule has 3 rings (SSSR count). The van der Waals surface area contributed by atoms with Gasteiger partial charge in [-0.1, -0.05) is 5.16 Å². The summed E-state index contributed by atoms with van der Waals surface area (Å²) in [7, 11) is 1.57. The number of aromatic nitrogens is 1. The first-order valence-electron chi connectivity index (χ1n) is 7.75. The van der Waals surface area contributed by atoms with Crippen LogP contribution < -0.4 is 10.1 Å². The number of methoxy groups -OCH3 is 1. The predicted octanol–water partition coefficient (Wildman–Crippen LogP) is 2.23. The van der Waals surface area contributed by atoms with E-state index in [4.69, 9.17) is 9.26 Å². The molecule has 1 fully saturated rings. The van der Waals surface area contributed by atoms with Gasteiger partial charge in [-0.2, -0.15) is 0 Å². The van der Waals surface area contributed by atoms with Crippen molar-refractivity contribution in [3.63, 3.8) is 0 Å². The number of anilines is 1. The van der Waals surface area contributed by atoms with Gasteiger partial charge >= 0.3 is 0 Å². The van der Waals surface area contributed by atoms with E-state index in [2.05, 4.69) is 10.5 Å². The molecule has 0 aliphatic heterocycles. The lowest BCUT2D eigenvalue weighted by Crippen LogP contribution is -2.39. The van der Waals surface area contributed by atoms with Gasteiger partial charge in [0.1, 0.15) is 18.1 Å². The summed E-state index contributed by atoms with van der Waals surface area (Å²) >= 11 is 0. The number of hydrogen-bond donors (Lipinski definition) is 1. The molecule has 1 saturated carbocycles. The summed E-state index contributed by atoms with van der Waals surface area (Å²) in [5, 5.41) is 6.36. The summed E-state index contributed by atoms with van der Waals surface area (Å²) in [5.74, 6) is 1.19. The number of carbonyl (C=O) groups excluding carboxylic acids is 2. The summed E-state index contributed by atoms with van der Waals surface area (Å²) in [4.78, 5) is 26.5. The van der Waals surface area contributed by atoms with Crippen LogP contribution in [0.5, 0.6) is 5.75 Å². The molecule has 7 nitrogen and oxygen atoms in total. The Labute approximate surface area is 139 Å². The highest BCUT2D eigenvalue weighted by molar-refractivity contribution is 5.99. The summed E-state index contributed by atoms with van der Waals surface area (Å²) < 4.78 is 10.0. The molecule has 0 bridgehead atoms. The van der Waals surface area contributed by atoms with Crippen LogP contribution in [0.15, 0.2) is 34.9 Å². The molecular formula is C17H19N3O4. The summed E-state index contributed by atoms with van der Waals surface area (Å²) in [6.07, 6.45) is 1.83. The van der Waals surface area contributed by atoms with Crippen molar-refractivity contribution in [2.75, 3.05) is 19.0 Å². The van der Waals surface area contributed by atoms with Crippen molar-refractivity contribution >= 4 is 17.6 Å². The van der Waals surface area contributed by atoms with E-state index in [9.17, 15) is 9.59 Å². The molecule has 2 aromatic rings. The van der Waals surface area contributed by atoms with E-state index in [0.717, 1.165) is 12.8 Å². The van der Waals surface area contributed by atoms with Crippen LogP contribution in [0.1, 0.15) is 29.0 Å². The quantitative estimate of drug-likeness (QED) is 0.878. The number of rotatable bonds is 6. The van der Waals surface area contributed by atoms with Gasteiger partial charge in [-0.15, -0.1) is 0 Å². The molecule has 0 unspecified atom stereocenters. The van der Waals surface area contributed by atoms with Gasteiger partial charge < -0.3 is 19.5 Å². The van der Waals surface area contributed by atoms with Crippen LogP contribution in [0.25, 0.3) is 0 Å². The second-order valence-corrected chi connectivity index (χ2v) is 5.76. The highest BCUT2D eigenvalue weighted by Crippen LogP contribution is 2.28. The second kappa shape index (κ2) is 6.74. The van der Waals surface area contributed by atoms with Crippen LogP contribution in [0.4, 0.5) is 5.82 Å². The monoisotopic (exact) mass is 329 g/mol. The van der Waals surface area contributed by atoms with Crippen molar-refractivity contribution in [2.24, 2.45) is 0 Å². The van der Waals surface area contributed by atoms with Gasteiger partial charge in [0.25, 0.3) is 5.91 Å². The molecular weight excluding hydrogens is 310 g/mol. The molecule has 7 heteroatoms. The van der Waals surface area contributed by atoms with Gasteiger partial charge in [0, 0.05) is 17.7 Å². The lowest BCUT2D eigenvalue weighted by Gasteiger charge is -2.21. The van der Waals surface area contributed by atoms with E-state index in [0.29, 0.717) is 22.9 Å². The summed E-state index contributed by atoms with van der Waals surface area (Å²) in [6.45, 7) is 1.73. The number of nitrogens with zero attached hydrogens (tertiary/aromatic N) is 2. The average Bonchev–Trinajstić information content (AvgIpc) is 3.35. The minimum Gasteiger partial charge on any atom is -0.497 e. The maximum Gasteiger partial charge on any atom is 0.254 e. The van der Waals surface area contributed by atoms with E-state index in [1.165, 1.54) is 0 Å². The van der Waals surface area contributed by atoms with Crippen LogP contribution in [0.3, 0.4) is 0 Å². The number of carbonyl (C=O) groups is 2. The third kappa shape index (κ3) is 3.73. The highest BCUT2D eigenvalue weighted by Gasteiger charge is 2.34. The topological polar surface area (TPSA) is 84.7 Å². The fourth-order valence-corrected chi connectivity index (χ4v) is 2.41. The molecule has 1 N–H and O–H groups in total. The molecule has 0 saturated heterocycles. The van der Waals surface area contributed by atoms with Crippen molar-refractivity contribution in [2.45, 2.75) is 25.8 Å². The summed E-state index contributed by atoms with van der Waals surface area (Å²) in [5.41, 5.74) is 0.535. The van der Waals surface area contributed by atoms with Gasteiger partial charge in [-0.3, -0.25) is 9.59 Å². The van der Waals surface area contributed by atoms with Crippen LogP contribution in [-0.4, -0.2) is 41.6 Å². The summed E-state index contributed by atoms with van der Waals surface area (Å²) in [6, 6.07) is 8.62. The van der Waals surface area contributed by atoms with Crippen LogP contribution in [0, 0.1) is 6.92 Å². The molecule has 1 heterocycles. The number of amides is 2. The van der Waals surface area contributed by atoms with Gasteiger partial charge in [-0.05, 0) is 44.0 Å². The van der Waals surface area contributed by atoms with Crippen molar-refractivity contribution < 1.29 is 18.8 Å². The molecule has 0 atom stereocenters. The van der Waals surface area contributed by atoms with Crippen LogP contribution >= 0.6 is 0 Å². The molecule has 0 spiro atoms. The largest absolute Gasteiger partial charge is 0.497 e. The average molecular weight is 329 g/mol. The Balaban J connectivity index is 1.67. The van der Waals surface area contributed by atoms with Gasteiger partial charge in [-0.25, -0.2) is 0 Å². The Bertz CT molecular complexity index is 735. The van der Waals surface area contributed by atoms with Gasteiger partial charge in [0.05, 0.1) is 7.11 Å². The van der Waals surface area contributed by atoms with Crippen molar-refractivity contribution in [1.29, 1.82) is 0 Å². The molecule has 1 aromatic heterocycles. The van der Waals surface area contributed by atoms with E-state index >= 15 is 0 Å². The molecule has 1 aliphatic rings. The van der Waals surface area contributed by atoms with Crippen LogP contribution in [0.2, 0.25) is 0 Å². The molecule has 1 aliphatic carbocycles. The maximum atomic E-state index is 12.7. The van der Waals surface area contributed by atoms with E-state index in [-0.39, 0.29) is 24.4 Å². The lowest BCUT2D eigenvalue weighted by atomic mass is 10.2. The van der Waals surface area contributed by atoms with E-state index < -0.39 is 0 Å². The standard InChI is InChI=1S/C17H19N3O4/c1-11-9-15(19-24-11)18-16(21)10-20(13-5-6-13)17(22)12-3-7-14(23-2)8-4-12/h3-4,7-9,13H,5-6,10H2,1-2H3,(H,18,19,21). The van der Waals surface area contributed by atoms with Gasteiger partial charge in [0.2, 0.25) is 5.91 Å². The maximum absolute atomic E-state index is 12.7. The Morgan fingerprint density at radius 2 is 2.04 bits per heavy atom. The number of benzene rings is 1. The second-order valence-electron chi connectivity index (χ2n) is 5.76.